The van der Waals surface area contributed by atoms with Crippen LogP contribution in [0.3, 0.4) is 0 Å². The molecule has 2 heteroatoms. The average molecular weight is 541 g/mol. The summed E-state index contributed by atoms with van der Waals surface area (Å²) in [5.41, 5.74) is 11.1. The molecule has 42 heavy (non-hydrogen) atoms. The lowest BCUT2D eigenvalue weighted by molar-refractivity contribution is 0.721. The molecule has 0 aliphatic heterocycles. The Balaban J connectivity index is 1.32. The molecule has 7 aromatic rings. The third kappa shape index (κ3) is 4.06. The van der Waals surface area contributed by atoms with Crippen molar-refractivity contribution in [2.45, 2.75) is 32.6 Å². The van der Waals surface area contributed by atoms with Crippen molar-refractivity contribution in [3.63, 3.8) is 0 Å². The zero-order chi connectivity index (χ0) is 28.0. The van der Waals surface area contributed by atoms with Gasteiger partial charge in [-0.1, -0.05) is 121 Å². The average Bonchev–Trinajstić information content (AvgIpc) is 3.44. The molecule has 0 fully saturated rings. The number of benzene rings is 6. The van der Waals surface area contributed by atoms with Crippen LogP contribution in [0, 0.1) is 6.92 Å². The molecule has 0 N–H and O–H groups in total. The highest BCUT2D eigenvalue weighted by molar-refractivity contribution is 6.21. The van der Waals surface area contributed by atoms with E-state index in [0.29, 0.717) is 0 Å². The van der Waals surface area contributed by atoms with Crippen LogP contribution in [-0.4, -0.2) is 9.55 Å². The lowest BCUT2D eigenvalue weighted by Gasteiger charge is -2.19. The fourth-order valence-corrected chi connectivity index (χ4v) is 6.79. The Hall–Kier alpha value is -4.95. The van der Waals surface area contributed by atoms with Gasteiger partial charge in [-0.05, 0) is 88.5 Å². The maximum absolute atomic E-state index is 5.13. The summed E-state index contributed by atoms with van der Waals surface area (Å²) in [7, 11) is 0. The van der Waals surface area contributed by atoms with Crippen LogP contribution in [0.15, 0.2) is 127 Å². The van der Waals surface area contributed by atoms with E-state index in [0.717, 1.165) is 29.7 Å². The standard InChI is InChI=1S/C40H32N2/c1-27-19-21-28(22-20-27)38-32-13-5-7-15-34(32)39(35-16-8-6-14-33(35)38)29-23-25-30(26-24-29)40-41-36-17-9-10-18-37(36)42(40)31-11-3-2-4-12-31/h5-11,13-26H,2-4,12H2,1H3. The van der Waals surface area contributed by atoms with Crippen LogP contribution in [0.25, 0.3) is 71.9 Å². The second-order valence-corrected chi connectivity index (χ2v) is 11.5. The third-order valence-electron chi connectivity index (χ3n) is 8.82. The molecule has 0 saturated carbocycles. The number of hydrogen-bond donors (Lipinski definition) is 0. The van der Waals surface area contributed by atoms with Crippen LogP contribution in [0.2, 0.25) is 0 Å². The fraction of sp³-hybridized carbons (Fsp3) is 0.125. The van der Waals surface area contributed by atoms with Gasteiger partial charge in [0.05, 0.1) is 11.0 Å². The highest BCUT2D eigenvalue weighted by atomic mass is 15.1. The molecule has 2 nitrogen and oxygen atoms in total. The second kappa shape index (κ2) is 10.2. The molecule has 202 valence electrons. The number of imidazole rings is 1. The van der Waals surface area contributed by atoms with Crippen molar-refractivity contribution in [1.29, 1.82) is 0 Å². The van der Waals surface area contributed by atoms with E-state index in [2.05, 4.69) is 139 Å². The number of hydrogen-bond acceptors (Lipinski definition) is 1. The van der Waals surface area contributed by atoms with Crippen molar-refractivity contribution in [3.05, 3.63) is 133 Å². The molecule has 6 aromatic carbocycles. The first-order chi connectivity index (χ1) is 20.8. The van der Waals surface area contributed by atoms with Crippen molar-refractivity contribution in [2.24, 2.45) is 0 Å². The molecule has 0 amide bonds. The highest BCUT2D eigenvalue weighted by Gasteiger charge is 2.19. The second-order valence-electron chi connectivity index (χ2n) is 11.5. The summed E-state index contributed by atoms with van der Waals surface area (Å²) in [6.07, 6.45) is 7.14. The lowest BCUT2D eigenvalue weighted by atomic mass is 9.86. The number of allylic oxidation sites excluding steroid dienone is 2. The maximum atomic E-state index is 5.13. The van der Waals surface area contributed by atoms with Gasteiger partial charge in [-0.2, -0.15) is 0 Å². The summed E-state index contributed by atoms with van der Waals surface area (Å²) in [5, 5.41) is 5.12. The molecular formula is C40H32N2. The topological polar surface area (TPSA) is 17.8 Å². The first kappa shape index (κ1) is 24.8. The molecule has 1 aliphatic rings. The van der Waals surface area contributed by atoms with Gasteiger partial charge in [-0.15, -0.1) is 0 Å². The van der Waals surface area contributed by atoms with Gasteiger partial charge < -0.3 is 0 Å². The van der Waals surface area contributed by atoms with Crippen molar-refractivity contribution in [2.75, 3.05) is 0 Å². The van der Waals surface area contributed by atoms with Crippen LogP contribution in [0.5, 0.6) is 0 Å². The maximum Gasteiger partial charge on any atom is 0.145 e. The van der Waals surface area contributed by atoms with E-state index >= 15 is 0 Å². The quantitative estimate of drug-likeness (QED) is 0.203. The van der Waals surface area contributed by atoms with Crippen molar-refractivity contribution in [1.82, 2.24) is 9.55 Å². The van der Waals surface area contributed by atoms with Crippen molar-refractivity contribution in [3.8, 4) is 33.6 Å². The molecule has 0 unspecified atom stereocenters. The van der Waals surface area contributed by atoms with E-state index < -0.39 is 0 Å². The first-order valence-electron chi connectivity index (χ1n) is 15.0. The van der Waals surface area contributed by atoms with E-state index in [4.69, 9.17) is 4.98 Å². The minimum Gasteiger partial charge on any atom is -0.296 e. The Bertz CT molecular complexity index is 2070. The van der Waals surface area contributed by atoms with Crippen molar-refractivity contribution >= 4 is 38.3 Å². The largest absolute Gasteiger partial charge is 0.296 e. The normalized spacial score (nSPS) is 13.6. The van der Waals surface area contributed by atoms with Gasteiger partial charge in [-0.3, -0.25) is 4.57 Å². The predicted molar refractivity (Wildman–Crippen MR) is 179 cm³/mol. The Morgan fingerprint density at radius 3 is 1.64 bits per heavy atom. The van der Waals surface area contributed by atoms with Crippen molar-refractivity contribution < 1.29 is 0 Å². The summed E-state index contributed by atoms with van der Waals surface area (Å²) in [5.74, 6) is 1.03. The minimum absolute atomic E-state index is 1.03. The summed E-state index contributed by atoms with van der Waals surface area (Å²) < 4.78 is 2.39. The number of aryl methyl sites for hydroxylation is 1. The van der Waals surface area contributed by atoms with E-state index in [-0.39, 0.29) is 0 Å². The number of para-hydroxylation sites is 2. The number of aromatic nitrogens is 2. The van der Waals surface area contributed by atoms with Gasteiger partial charge in [-0.25, -0.2) is 4.98 Å². The fourth-order valence-electron chi connectivity index (χ4n) is 6.79. The van der Waals surface area contributed by atoms with Gasteiger partial charge in [0.15, 0.2) is 0 Å². The summed E-state index contributed by atoms with van der Waals surface area (Å²) in [6.45, 7) is 2.15. The first-order valence-corrected chi connectivity index (χ1v) is 15.0. The lowest BCUT2D eigenvalue weighted by Crippen LogP contribution is -2.03. The van der Waals surface area contributed by atoms with Gasteiger partial charge in [0, 0.05) is 11.3 Å². The molecule has 0 saturated heterocycles. The van der Waals surface area contributed by atoms with Gasteiger partial charge >= 0.3 is 0 Å². The minimum atomic E-state index is 1.03. The van der Waals surface area contributed by atoms with Gasteiger partial charge in [0.2, 0.25) is 0 Å². The van der Waals surface area contributed by atoms with Gasteiger partial charge in [0.1, 0.15) is 5.82 Å². The molecule has 8 rings (SSSR count). The smallest absolute Gasteiger partial charge is 0.145 e. The Morgan fingerprint density at radius 1 is 0.548 bits per heavy atom. The zero-order valence-corrected chi connectivity index (χ0v) is 23.8. The molecule has 0 spiro atoms. The van der Waals surface area contributed by atoms with E-state index in [9.17, 15) is 0 Å². The number of nitrogens with zero attached hydrogens (tertiary/aromatic N) is 2. The number of fused-ring (bicyclic) bond motifs is 3. The van der Waals surface area contributed by atoms with Crippen LogP contribution in [-0.2, 0) is 0 Å². The predicted octanol–water partition coefficient (Wildman–Crippen LogP) is 11.1. The van der Waals surface area contributed by atoms with E-state index in [1.54, 1.807) is 0 Å². The molecule has 0 atom stereocenters. The summed E-state index contributed by atoms with van der Waals surface area (Å²) in [6, 6.07) is 44.3. The molecular weight excluding hydrogens is 508 g/mol. The van der Waals surface area contributed by atoms with Gasteiger partial charge in [0.25, 0.3) is 0 Å². The zero-order valence-electron chi connectivity index (χ0n) is 23.8. The van der Waals surface area contributed by atoms with Crippen LogP contribution in [0.4, 0.5) is 0 Å². The monoisotopic (exact) mass is 540 g/mol. The van der Waals surface area contributed by atoms with E-state index in [1.807, 2.05) is 0 Å². The Morgan fingerprint density at radius 2 is 1.07 bits per heavy atom. The molecule has 0 bridgehead atoms. The molecule has 1 heterocycles. The summed E-state index contributed by atoms with van der Waals surface area (Å²) in [4.78, 5) is 5.13. The number of rotatable bonds is 4. The highest BCUT2D eigenvalue weighted by Crippen LogP contribution is 2.44. The van der Waals surface area contributed by atoms with Crippen LogP contribution < -0.4 is 0 Å². The molecule has 1 aromatic heterocycles. The molecule has 0 radical (unpaired) electrons. The Labute approximate surface area is 246 Å². The third-order valence-corrected chi connectivity index (χ3v) is 8.82. The summed E-state index contributed by atoms with van der Waals surface area (Å²) >= 11 is 0. The molecule has 1 aliphatic carbocycles. The van der Waals surface area contributed by atoms with Crippen LogP contribution in [0.1, 0.15) is 31.2 Å². The van der Waals surface area contributed by atoms with Crippen LogP contribution >= 0.6 is 0 Å². The van der Waals surface area contributed by atoms with E-state index in [1.165, 1.54) is 73.4 Å². The Kier molecular flexibility index (Phi) is 6.00. The SMILES string of the molecule is Cc1ccc(-c2c3ccccc3c(-c3ccc(-c4nc5ccccc5n4C4=CCCCC4)cc3)c3ccccc23)cc1.